The van der Waals surface area contributed by atoms with Gasteiger partial charge in [-0.05, 0) is 37.7 Å². The smallest absolute Gasteiger partial charge is 0.0661 e. The van der Waals surface area contributed by atoms with Crippen LogP contribution in [0.5, 0.6) is 0 Å². The average Bonchev–Trinajstić information content (AvgIpc) is 2.79. The topological polar surface area (TPSA) is 17.0 Å². The summed E-state index contributed by atoms with van der Waals surface area (Å²) in [5, 5.41) is 5.71. The molecule has 2 aromatic rings. The Morgan fingerprint density at radius 2 is 1.95 bits per heavy atom. The van der Waals surface area contributed by atoms with Crippen molar-refractivity contribution < 1.29 is 0 Å². The number of halogens is 1. The SMILES string of the molecule is CC1CCC(NCCn2cc(Cl)c3ccccc32)CC1. The standard InChI is InChI=1S/C17H23ClN2/c1-13-6-8-14(9-7-13)19-10-11-20-12-16(18)15-4-2-3-5-17(15)20/h2-5,12-14,19H,6-11H2,1H3. The number of benzene rings is 1. The van der Waals surface area contributed by atoms with E-state index in [0.717, 1.165) is 29.4 Å². The van der Waals surface area contributed by atoms with Gasteiger partial charge >= 0.3 is 0 Å². The summed E-state index contributed by atoms with van der Waals surface area (Å²) >= 11 is 6.28. The van der Waals surface area contributed by atoms with Gasteiger partial charge in [-0.1, -0.05) is 36.7 Å². The Bertz CT molecular complexity index is 567. The van der Waals surface area contributed by atoms with E-state index < -0.39 is 0 Å². The van der Waals surface area contributed by atoms with Gasteiger partial charge in [0.1, 0.15) is 0 Å². The molecule has 108 valence electrons. The van der Waals surface area contributed by atoms with Gasteiger partial charge in [0, 0.05) is 36.2 Å². The van der Waals surface area contributed by atoms with Crippen molar-refractivity contribution in [2.45, 2.75) is 45.2 Å². The predicted molar refractivity (Wildman–Crippen MR) is 86.4 cm³/mol. The fourth-order valence-corrected chi connectivity index (χ4v) is 3.52. The zero-order chi connectivity index (χ0) is 13.9. The van der Waals surface area contributed by atoms with Crippen molar-refractivity contribution in [3.05, 3.63) is 35.5 Å². The summed E-state index contributed by atoms with van der Waals surface area (Å²) in [5.74, 6) is 0.917. The Morgan fingerprint density at radius 1 is 1.20 bits per heavy atom. The van der Waals surface area contributed by atoms with Gasteiger partial charge in [-0.2, -0.15) is 0 Å². The molecule has 1 aliphatic rings. The van der Waals surface area contributed by atoms with Crippen LogP contribution < -0.4 is 5.32 Å². The van der Waals surface area contributed by atoms with Crippen LogP contribution in [0.25, 0.3) is 10.9 Å². The fourth-order valence-electron chi connectivity index (χ4n) is 3.24. The molecule has 1 fully saturated rings. The van der Waals surface area contributed by atoms with Crippen LogP contribution in [0.2, 0.25) is 5.02 Å². The molecule has 0 unspecified atom stereocenters. The minimum absolute atomic E-state index is 0.712. The number of hydrogen-bond donors (Lipinski definition) is 1. The maximum atomic E-state index is 6.28. The number of fused-ring (bicyclic) bond motifs is 1. The Hall–Kier alpha value is -0.990. The predicted octanol–water partition coefficient (Wildman–Crippen LogP) is 4.46. The molecule has 2 nitrogen and oxygen atoms in total. The van der Waals surface area contributed by atoms with E-state index >= 15 is 0 Å². The Balaban J connectivity index is 1.57. The second-order valence-electron chi connectivity index (χ2n) is 6.10. The summed E-state index contributed by atoms with van der Waals surface area (Å²) in [6.45, 7) is 4.37. The highest BCUT2D eigenvalue weighted by molar-refractivity contribution is 6.35. The first-order chi connectivity index (χ1) is 9.74. The lowest BCUT2D eigenvalue weighted by molar-refractivity contribution is 0.305. The number of nitrogens with one attached hydrogen (secondary N) is 1. The summed E-state index contributed by atoms with van der Waals surface area (Å²) in [6, 6.07) is 9.06. The van der Waals surface area contributed by atoms with Crippen LogP contribution in [0.4, 0.5) is 0 Å². The van der Waals surface area contributed by atoms with E-state index in [9.17, 15) is 0 Å². The number of para-hydroxylation sites is 1. The van der Waals surface area contributed by atoms with Crippen molar-refractivity contribution in [3.63, 3.8) is 0 Å². The molecule has 0 aliphatic heterocycles. The molecule has 0 atom stereocenters. The number of aromatic nitrogens is 1. The lowest BCUT2D eigenvalue weighted by Gasteiger charge is -2.27. The third-order valence-electron chi connectivity index (χ3n) is 4.54. The molecule has 1 aromatic carbocycles. The summed E-state index contributed by atoms with van der Waals surface area (Å²) in [5.41, 5.74) is 1.23. The zero-order valence-corrected chi connectivity index (χ0v) is 12.9. The van der Waals surface area contributed by atoms with Crippen LogP contribution in [0.3, 0.4) is 0 Å². The minimum atomic E-state index is 0.712. The van der Waals surface area contributed by atoms with Gasteiger partial charge in [0.25, 0.3) is 0 Å². The fraction of sp³-hybridized carbons (Fsp3) is 0.529. The highest BCUT2D eigenvalue weighted by Gasteiger charge is 2.17. The summed E-state index contributed by atoms with van der Waals surface area (Å²) in [6.07, 6.45) is 7.45. The molecule has 1 aromatic heterocycles. The largest absolute Gasteiger partial charge is 0.345 e. The van der Waals surface area contributed by atoms with E-state index in [-0.39, 0.29) is 0 Å². The first kappa shape index (κ1) is 14.0. The Labute approximate surface area is 126 Å². The quantitative estimate of drug-likeness (QED) is 0.879. The molecule has 1 N–H and O–H groups in total. The van der Waals surface area contributed by atoms with Gasteiger partial charge in [-0.3, -0.25) is 0 Å². The molecule has 0 bridgehead atoms. The number of nitrogens with zero attached hydrogens (tertiary/aromatic N) is 1. The summed E-state index contributed by atoms with van der Waals surface area (Å²) in [4.78, 5) is 0. The Morgan fingerprint density at radius 3 is 2.75 bits per heavy atom. The third kappa shape index (κ3) is 3.02. The lowest BCUT2D eigenvalue weighted by Crippen LogP contribution is -2.34. The van der Waals surface area contributed by atoms with Gasteiger partial charge in [0.15, 0.2) is 0 Å². The van der Waals surface area contributed by atoms with Gasteiger partial charge in [0.05, 0.1) is 5.02 Å². The van der Waals surface area contributed by atoms with Crippen molar-refractivity contribution in [1.82, 2.24) is 9.88 Å². The van der Waals surface area contributed by atoms with Crippen LogP contribution in [-0.4, -0.2) is 17.2 Å². The van der Waals surface area contributed by atoms with Crippen molar-refractivity contribution in [2.75, 3.05) is 6.54 Å². The maximum absolute atomic E-state index is 6.28. The molecule has 0 saturated heterocycles. The molecule has 3 rings (SSSR count). The molecule has 1 aliphatic carbocycles. The summed E-state index contributed by atoms with van der Waals surface area (Å²) < 4.78 is 2.26. The minimum Gasteiger partial charge on any atom is -0.345 e. The molecule has 20 heavy (non-hydrogen) atoms. The second kappa shape index (κ2) is 6.19. The monoisotopic (exact) mass is 290 g/mol. The van der Waals surface area contributed by atoms with Crippen molar-refractivity contribution in [3.8, 4) is 0 Å². The molecular formula is C17H23ClN2. The van der Waals surface area contributed by atoms with E-state index in [0.29, 0.717) is 6.04 Å². The third-order valence-corrected chi connectivity index (χ3v) is 4.84. The van der Waals surface area contributed by atoms with E-state index in [1.165, 1.54) is 31.2 Å². The zero-order valence-electron chi connectivity index (χ0n) is 12.1. The lowest BCUT2D eigenvalue weighted by atomic mass is 9.87. The van der Waals surface area contributed by atoms with Crippen LogP contribution in [0.1, 0.15) is 32.6 Å². The van der Waals surface area contributed by atoms with Crippen LogP contribution in [0, 0.1) is 5.92 Å². The normalized spacial score (nSPS) is 23.3. The average molecular weight is 291 g/mol. The highest BCUT2D eigenvalue weighted by Crippen LogP contribution is 2.25. The number of rotatable bonds is 4. The molecule has 1 saturated carbocycles. The molecular weight excluding hydrogens is 268 g/mol. The van der Waals surface area contributed by atoms with E-state index in [1.54, 1.807) is 0 Å². The van der Waals surface area contributed by atoms with Crippen LogP contribution in [-0.2, 0) is 6.54 Å². The van der Waals surface area contributed by atoms with Gasteiger partial charge in [-0.15, -0.1) is 0 Å². The Kier molecular flexibility index (Phi) is 4.32. The van der Waals surface area contributed by atoms with Crippen molar-refractivity contribution in [2.24, 2.45) is 5.92 Å². The van der Waals surface area contributed by atoms with Gasteiger partial charge in [0.2, 0.25) is 0 Å². The van der Waals surface area contributed by atoms with E-state index in [4.69, 9.17) is 11.6 Å². The van der Waals surface area contributed by atoms with Gasteiger partial charge in [-0.25, -0.2) is 0 Å². The molecule has 1 heterocycles. The first-order valence-corrected chi connectivity index (χ1v) is 8.08. The number of hydrogen-bond acceptors (Lipinski definition) is 1. The highest BCUT2D eigenvalue weighted by atomic mass is 35.5. The van der Waals surface area contributed by atoms with Gasteiger partial charge < -0.3 is 9.88 Å². The molecule has 0 radical (unpaired) electrons. The molecule has 3 heteroatoms. The van der Waals surface area contributed by atoms with Crippen LogP contribution >= 0.6 is 11.6 Å². The van der Waals surface area contributed by atoms with Crippen molar-refractivity contribution in [1.29, 1.82) is 0 Å². The summed E-state index contributed by atoms with van der Waals surface area (Å²) in [7, 11) is 0. The second-order valence-corrected chi connectivity index (χ2v) is 6.51. The molecule has 0 spiro atoms. The molecule has 0 amide bonds. The first-order valence-electron chi connectivity index (χ1n) is 7.71. The maximum Gasteiger partial charge on any atom is 0.0661 e. The van der Waals surface area contributed by atoms with Crippen molar-refractivity contribution >= 4 is 22.5 Å². The van der Waals surface area contributed by atoms with E-state index in [1.807, 2.05) is 6.07 Å². The van der Waals surface area contributed by atoms with Crippen LogP contribution in [0.15, 0.2) is 30.5 Å². The van der Waals surface area contributed by atoms with E-state index in [2.05, 4.69) is 41.2 Å².